The Kier molecular flexibility index (Phi) is 5.12. The summed E-state index contributed by atoms with van der Waals surface area (Å²) < 4.78 is 26.7. The second-order valence-corrected chi connectivity index (χ2v) is 7.21. The van der Waals surface area contributed by atoms with Crippen LogP contribution >= 0.6 is 11.3 Å². The maximum atomic E-state index is 12.2. The lowest BCUT2D eigenvalue weighted by Gasteiger charge is -2.06. The Labute approximate surface area is 137 Å². The molecule has 0 unspecified atom stereocenters. The number of carbonyl (C=O) groups excluding carboxylic acids is 1. The summed E-state index contributed by atoms with van der Waals surface area (Å²) in [5.41, 5.74) is 0.730. The van der Waals surface area contributed by atoms with E-state index in [-0.39, 0.29) is 15.7 Å². The third-order valence-corrected chi connectivity index (χ3v) is 5.17. The third-order valence-electron chi connectivity index (χ3n) is 2.93. The van der Waals surface area contributed by atoms with Crippen molar-refractivity contribution < 1.29 is 23.1 Å². The fourth-order valence-electron chi connectivity index (χ4n) is 1.83. The molecule has 0 aliphatic heterocycles. The molecule has 0 aliphatic carbocycles. The highest BCUT2D eigenvalue weighted by atomic mass is 32.2. The smallest absolute Gasteiger partial charge is 0.378 e. The lowest BCUT2D eigenvalue weighted by Crippen LogP contribution is -2.15. The molecule has 2 aromatic rings. The van der Waals surface area contributed by atoms with Crippen LogP contribution < -0.4 is 4.72 Å². The van der Waals surface area contributed by atoms with Gasteiger partial charge in [0.1, 0.15) is 5.69 Å². The molecule has 2 N–H and O–H groups in total. The largest absolute Gasteiger partial charge is 0.475 e. The second-order valence-electron chi connectivity index (χ2n) is 4.67. The Morgan fingerprint density at radius 2 is 1.91 bits per heavy atom. The van der Waals surface area contributed by atoms with Gasteiger partial charge in [-0.2, -0.15) is 0 Å². The van der Waals surface area contributed by atoms with Gasteiger partial charge in [-0.05, 0) is 24.1 Å². The summed E-state index contributed by atoms with van der Waals surface area (Å²) >= 11 is 0.843. The van der Waals surface area contributed by atoms with Gasteiger partial charge >= 0.3 is 5.97 Å². The predicted octanol–water partition coefficient (Wildman–Crippen LogP) is 2.16. The molecule has 23 heavy (non-hydrogen) atoms. The van der Waals surface area contributed by atoms with Crippen molar-refractivity contribution in [3.8, 4) is 0 Å². The van der Waals surface area contributed by atoms with Gasteiger partial charge in [0.15, 0.2) is 5.13 Å². The number of nitrogens with zero attached hydrogens (tertiary/aromatic N) is 1. The number of carbonyl (C=O) groups is 2. The van der Waals surface area contributed by atoms with Crippen LogP contribution in [0.5, 0.6) is 0 Å². The van der Waals surface area contributed by atoms with E-state index in [2.05, 4.69) is 9.71 Å². The number of aliphatic carboxylic acids is 1. The van der Waals surface area contributed by atoms with Gasteiger partial charge in [-0.3, -0.25) is 9.52 Å². The van der Waals surface area contributed by atoms with Crippen LogP contribution in [0, 0.1) is 0 Å². The van der Waals surface area contributed by atoms with E-state index >= 15 is 0 Å². The first-order valence-corrected chi connectivity index (χ1v) is 9.04. The number of rotatable bonds is 7. The molecule has 0 spiro atoms. The average Bonchev–Trinajstić information content (AvgIpc) is 2.95. The number of hydrogen-bond donors (Lipinski definition) is 2. The molecule has 122 valence electrons. The van der Waals surface area contributed by atoms with Gasteiger partial charge in [-0.25, -0.2) is 18.2 Å². The fourth-order valence-corrected chi connectivity index (χ4v) is 3.78. The minimum Gasteiger partial charge on any atom is -0.475 e. The molecule has 1 aromatic carbocycles. The Morgan fingerprint density at radius 1 is 1.26 bits per heavy atom. The van der Waals surface area contributed by atoms with E-state index in [9.17, 15) is 18.0 Å². The van der Waals surface area contributed by atoms with Gasteiger partial charge in [-0.1, -0.05) is 25.5 Å². The predicted molar refractivity (Wildman–Crippen MR) is 85.3 cm³/mol. The van der Waals surface area contributed by atoms with Crippen LogP contribution in [0.15, 0.2) is 34.5 Å². The first kappa shape index (κ1) is 17.1. The number of Topliss-reactive ketones (excluding diaryl/α,β-unsaturated/α-hetero) is 1. The standard InChI is InChI=1S/C14H14N2O5S2/c1-2-3-9-4-6-10(7-5-9)23(20,21)16-14-15-11(8-22-14)12(17)13(18)19/h4-8H,2-3H2,1H3,(H,15,16)(H,18,19). The molecule has 0 saturated heterocycles. The molecule has 1 heterocycles. The summed E-state index contributed by atoms with van der Waals surface area (Å²) in [6.07, 6.45) is 1.82. The normalized spacial score (nSPS) is 11.2. The molecule has 0 amide bonds. The average molecular weight is 354 g/mol. The Balaban J connectivity index is 2.18. The second kappa shape index (κ2) is 6.88. The SMILES string of the molecule is CCCc1ccc(S(=O)(=O)Nc2nc(C(=O)C(=O)O)cs2)cc1. The Bertz CT molecular complexity index is 825. The van der Waals surface area contributed by atoms with Gasteiger partial charge < -0.3 is 5.11 Å². The van der Waals surface area contributed by atoms with Gasteiger partial charge in [-0.15, -0.1) is 11.3 Å². The number of benzene rings is 1. The molecule has 0 bridgehead atoms. The minimum absolute atomic E-state index is 0.0627. The van der Waals surface area contributed by atoms with E-state index in [1.165, 1.54) is 17.5 Å². The van der Waals surface area contributed by atoms with E-state index in [1.807, 2.05) is 6.92 Å². The van der Waals surface area contributed by atoms with Gasteiger partial charge in [0.2, 0.25) is 0 Å². The number of ketones is 1. The van der Waals surface area contributed by atoms with Crippen LogP contribution in [-0.4, -0.2) is 30.3 Å². The van der Waals surface area contributed by atoms with E-state index in [4.69, 9.17) is 5.11 Å². The molecular formula is C14H14N2O5S2. The highest BCUT2D eigenvalue weighted by Gasteiger charge is 2.21. The maximum Gasteiger partial charge on any atom is 0.378 e. The van der Waals surface area contributed by atoms with Crippen molar-refractivity contribution in [3.05, 3.63) is 40.9 Å². The molecule has 7 nitrogen and oxygen atoms in total. The number of sulfonamides is 1. The zero-order chi connectivity index (χ0) is 17.0. The van der Waals surface area contributed by atoms with Crippen molar-refractivity contribution in [1.29, 1.82) is 0 Å². The van der Waals surface area contributed by atoms with Gasteiger partial charge in [0, 0.05) is 5.38 Å². The molecule has 9 heteroatoms. The molecule has 0 aliphatic rings. The topological polar surface area (TPSA) is 113 Å². The highest BCUT2D eigenvalue weighted by molar-refractivity contribution is 7.93. The summed E-state index contributed by atoms with van der Waals surface area (Å²) in [6.45, 7) is 2.03. The van der Waals surface area contributed by atoms with Crippen molar-refractivity contribution in [2.45, 2.75) is 24.7 Å². The Morgan fingerprint density at radius 3 is 2.48 bits per heavy atom. The zero-order valence-electron chi connectivity index (χ0n) is 12.1. The first-order chi connectivity index (χ1) is 10.8. The van der Waals surface area contributed by atoms with Crippen molar-refractivity contribution in [2.24, 2.45) is 0 Å². The van der Waals surface area contributed by atoms with Crippen molar-refractivity contribution >= 4 is 38.2 Å². The summed E-state index contributed by atoms with van der Waals surface area (Å²) in [5, 5.41) is 9.73. The molecule has 1 aromatic heterocycles. The summed E-state index contributed by atoms with van der Waals surface area (Å²) in [7, 11) is -3.84. The number of anilines is 1. The quantitative estimate of drug-likeness (QED) is 0.582. The first-order valence-electron chi connectivity index (χ1n) is 6.68. The van der Waals surface area contributed by atoms with E-state index in [1.54, 1.807) is 12.1 Å². The van der Waals surface area contributed by atoms with Crippen LogP contribution in [-0.2, 0) is 21.2 Å². The lowest BCUT2D eigenvalue weighted by molar-refractivity contribution is -0.131. The summed E-state index contributed by atoms with van der Waals surface area (Å²) in [5.74, 6) is -2.83. The van der Waals surface area contributed by atoms with Crippen LogP contribution in [0.1, 0.15) is 29.4 Å². The van der Waals surface area contributed by atoms with Crippen molar-refractivity contribution in [3.63, 3.8) is 0 Å². The number of carboxylic acids is 1. The van der Waals surface area contributed by atoms with Crippen LogP contribution in [0.3, 0.4) is 0 Å². The maximum absolute atomic E-state index is 12.2. The number of nitrogens with one attached hydrogen (secondary N) is 1. The third kappa shape index (κ3) is 4.14. The molecule has 0 saturated carbocycles. The van der Waals surface area contributed by atoms with Gasteiger partial charge in [0.25, 0.3) is 15.8 Å². The van der Waals surface area contributed by atoms with E-state index in [0.29, 0.717) is 0 Å². The van der Waals surface area contributed by atoms with Crippen molar-refractivity contribution in [2.75, 3.05) is 4.72 Å². The number of aryl methyl sites for hydroxylation is 1. The van der Waals surface area contributed by atoms with Gasteiger partial charge in [0.05, 0.1) is 4.90 Å². The van der Waals surface area contributed by atoms with E-state index < -0.39 is 21.8 Å². The summed E-state index contributed by atoms with van der Waals surface area (Å²) in [6, 6.07) is 6.45. The molecule has 0 atom stereocenters. The molecule has 0 fully saturated rings. The molecule has 0 radical (unpaired) electrons. The van der Waals surface area contributed by atoms with Crippen LogP contribution in [0.25, 0.3) is 0 Å². The van der Waals surface area contributed by atoms with E-state index in [0.717, 1.165) is 29.7 Å². The highest BCUT2D eigenvalue weighted by Crippen LogP contribution is 2.21. The number of thiazole rings is 1. The molecule has 2 rings (SSSR count). The Hall–Kier alpha value is -2.26. The lowest BCUT2D eigenvalue weighted by atomic mass is 10.1. The number of aromatic nitrogens is 1. The minimum atomic E-state index is -3.84. The number of carboxylic acid groups (broad SMARTS) is 1. The molecular weight excluding hydrogens is 340 g/mol. The van der Waals surface area contributed by atoms with Crippen molar-refractivity contribution in [1.82, 2.24) is 4.98 Å². The number of hydrogen-bond acceptors (Lipinski definition) is 6. The zero-order valence-corrected chi connectivity index (χ0v) is 13.8. The fraction of sp³-hybridized carbons (Fsp3) is 0.214. The van der Waals surface area contributed by atoms with Crippen LogP contribution in [0.2, 0.25) is 0 Å². The summed E-state index contributed by atoms with van der Waals surface area (Å²) in [4.78, 5) is 25.6. The van der Waals surface area contributed by atoms with Crippen LogP contribution in [0.4, 0.5) is 5.13 Å². The monoisotopic (exact) mass is 354 g/mol.